The van der Waals surface area contributed by atoms with E-state index in [1.54, 1.807) is 23.9 Å². The lowest BCUT2D eigenvalue weighted by molar-refractivity contribution is 1.08. The highest BCUT2D eigenvalue weighted by Gasteiger charge is 2.10. The van der Waals surface area contributed by atoms with Gasteiger partial charge in [-0.25, -0.2) is 9.97 Å². The highest BCUT2D eigenvalue weighted by molar-refractivity contribution is 7.22. The molecule has 1 aromatic carbocycles. The van der Waals surface area contributed by atoms with Gasteiger partial charge in [0.2, 0.25) is 0 Å². The average molecular weight is 318 g/mol. The molecule has 4 nitrogen and oxygen atoms in total. The van der Waals surface area contributed by atoms with Gasteiger partial charge in [-0.3, -0.25) is 4.98 Å². The van der Waals surface area contributed by atoms with E-state index >= 15 is 0 Å². The molecule has 3 aromatic heterocycles. The molecule has 1 N–H and O–H groups in total. The van der Waals surface area contributed by atoms with Crippen LogP contribution in [0.5, 0.6) is 0 Å². The summed E-state index contributed by atoms with van der Waals surface area (Å²) < 4.78 is 1.08. The fourth-order valence-corrected chi connectivity index (χ4v) is 3.50. The molecule has 4 aromatic rings. The molecule has 0 amide bonds. The van der Waals surface area contributed by atoms with Crippen LogP contribution in [0, 0.1) is 0 Å². The second-order valence-corrected chi connectivity index (χ2v) is 6.18. The van der Waals surface area contributed by atoms with Crippen molar-refractivity contribution >= 4 is 27.4 Å². The number of nitrogens with one attached hydrogen (secondary N) is 1. The summed E-state index contributed by atoms with van der Waals surface area (Å²) in [7, 11) is 0. The molecule has 0 radical (unpaired) electrons. The smallest absolute Gasteiger partial charge is 0.147 e. The zero-order valence-corrected chi connectivity index (χ0v) is 13.1. The first-order valence-corrected chi connectivity index (χ1v) is 8.14. The largest absolute Gasteiger partial charge is 0.365 e. The summed E-state index contributed by atoms with van der Waals surface area (Å²) in [4.78, 5) is 14.1. The Kier molecular flexibility index (Phi) is 3.70. The highest BCUT2D eigenvalue weighted by atomic mass is 32.1. The first-order chi connectivity index (χ1) is 11.4. The molecule has 5 heteroatoms. The van der Waals surface area contributed by atoms with Crippen molar-refractivity contribution in [2.45, 2.75) is 6.54 Å². The monoisotopic (exact) mass is 318 g/mol. The zero-order chi connectivity index (χ0) is 15.5. The summed E-state index contributed by atoms with van der Waals surface area (Å²) in [5.74, 6) is 0.867. The van der Waals surface area contributed by atoms with Crippen LogP contribution in [-0.2, 0) is 6.54 Å². The van der Waals surface area contributed by atoms with Crippen LogP contribution in [0.4, 0.5) is 5.82 Å². The predicted octanol–water partition coefficient (Wildman–Crippen LogP) is 4.37. The molecule has 0 saturated heterocycles. The van der Waals surface area contributed by atoms with Crippen LogP contribution in [0.1, 0.15) is 5.56 Å². The van der Waals surface area contributed by atoms with E-state index in [0.717, 1.165) is 21.6 Å². The first-order valence-electron chi connectivity index (χ1n) is 7.33. The number of hydrogen-bond acceptors (Lipinski definition) is 5. The summed E-state index contributed by atoms with van der Waals surface area (Å²) in [5, 5.41) is 3.39. The van der Waals surface area contributed by atoms with E-state index in [1.165, 1.54) is 10.4 Å². The second kappa shape index (κ2) is 6.14. The molecule has 0 aliphatic heterocycles. The van der Waals surface area contributed by atoms with Crippen molar-refractivity contribution in [3.05, 3.63) is 72.8 Å². The van der Waals surface area contributed by atoms with Gasteiger partial charge in [-0.05, 0) is 23.3 Å². The van der Waals surface area contributed by atoms with E-state index in [0.29, 0.717) is 6.54 Å². The minimum absolute atomic E-state index is 0.693. The number of fused-ring (bicyclic) bond motifs is 1. The van der Waals surface area contributed by atoms with E-state index < -0.39 is 0 Å². The van der Waals surface area contributed by atoms with Crippen LogP contribution in [0.25, 0.3) is 20.7 Å². The van der Waals surface area contributed by atoms with Crippen LogP contribution >= 0.6 is 11.3 Å². The summed E-state index contributed by atoms with van der Waals surface area (Å²) in [6.45, 7) is 0.693. The van der Waals surface area contributed by atoms with E-state index in [1.807, 2.05) is 36.5 Å². The normalized spacial score (nSPS) is 10.8. The quantitative estimate of drug-likeness (QED) is 0.607. The number of nitrogens with zero attached hydrogens (tertiary/aromatic N) is 3. The summed E-state index contributed by atoms with van der Waals surface area (Å²) in [6, 6.07) is 16.4. The van der Waals surface area contributed by atoms with Gasteiger partial charge in [-0.2, -0.15) is 0 Å². The van der Waals surface area contributed by atoms with Crippen molar-refractivity contribution < 1.29 is 0 Å². The molecule has 0 bridgehead atoms. The van der Waals surface area contributed by atoms with Crippen LogP contribution < -0.4 is 5.32 Å². The lowest BCUT2D eigenvalue weighted by Gasteiger charge is -2.05. The Hall–Kier alpha value is -2.79. The Morgan fingerprint density at radius 3 is 2.74 bits per heavy atom. The summed E-state index contributed by atoms with van der Waals surface area (Å²) in [5.41, 5.74) is 3.30. The summed E-state index contributed by atoms with van der Waals surface area (Å²) in [6.07, 6.45) is 5.24. The second-order valence-electron chi connectivity index (χ2n) is 5.13. The van der Waals surface area contributed by atoms with Gasteiger partial charge in [0.25, 0.3) is 0 Å². The lowest BCUT2D eigenvalue weighted by atomic mass is 10.2. The molecule has 0 aliphatic rings. The Morgan fingerprint density at radius 2 is 1.91 bits per heavy atom. The van der Waals surface area contributed by atoms with Crippen molar-refractivity contribution in [2.24, 2.45) is 0 Å². The SMILES string of the molecule is c1ccc(-c2cc3ncnc(NCc4cccnc4)c3s2)cc1. The number of anilines is 1. The molecule has 0 atom stereocenters. The lowest BCUT2D eigenvalue weighted by Crippen LogP contribution is -2.01. The molecule has 23 heavy (non-hydrogen) atoms. The maximum atomic E-state index is 4.40. The van der Waals surface area contributed by atoms with Gasteiger partial charge in [0.05, 0.1) is 10.2 Å². The van der Waals surface area contributed by atoms with Gasteiger partial charge in [-0.15, -0.1) is 11.3 Å². The van der Waals surface area contributed by atoms with E-state index in [4.69, 9.17) is 0 Å². The molecule has 0 fully saturated rings. The van der Waals surface area contributed by atoms with Gasteiger partial charge < -0.3 is 5.32 Å². The molecule has 0 saturated carbocycles. The van der Waals surface area contributed by atoms with Gasteiger partial charge >= 0.3 is 0 Å². The Morgan fingerprint density at radius 1 is 1.00 bits per heavy atom. The molecule has 0 unspecified atom stereocenters. The molecule has 4 rings (SSSR count). The number of pyridine rings is 1. The molecular formula is C18H14N4S. The fourth-order valence-electron chi connectivity index (χ4n) is 2.41. The standard InChI is InChI=1S/C18H14N4S/c1-2-6-14(7-3-1)16-9-15-17(23-16)18(22-12-21-15)20-11-13-5-4-8-19-10-13/h1-10,12H,11H2,(H,20,21,22). The van der Waals surface area contributed by atoms with Crippen LogP contribution in [0.3, 0.4) is 0 Å². The van der Waals surface area contributed by atoms with Crippen LogP contribution in [-0.4, -0.2) is 15.0 Å². The zero-order valence-electron chi connectivity index (χ0n) is 12.3. The van der Waals surface area contributed by atoms with Crippen LogP contribution in [0.2, 0.25) is 0 Å². The third kappa shape index (κ3) is 2.91. The van der Waals surface area contributed by atoms with Crippen molar-refractivity contribution in [1.29, 1.82) is 0 Å². The molecule has 0 aliphatic carbocycles. The number of hydrogen-bond donors (Lipinski definition) is 1. The Labute approximate surface area is 137 Å². The van der Waals surface area contributed by atoms with Crippen molar-refractivity contribution in [3.63, 3.8) is 0 Å². The van der Waals surface area contributed by atoms with Crippen molar-refractivity contribution in [1.82, 2.24) is 15.0 Å². The summed E-state index contributed by atoms with van der Waals surface area (Å²) >= 11 is 1.71. The van der Waals surface area contributed by atoms with Crippen molar-refractivity contribution in [3.8, 4) is 10.4 Å². The maximum absolute atomic E-state index is 4.40. The Bertz CT molecular complexity index is 920. The maximum Gasteiger partial charge on any atom is 0.147 e. The van der Waals surface area contributed by atoms with E-state index in [-0.39, 0.29) is 0 Å². The highest BCUT2D eigenvalue weighted by Crippen LogP contribution is 2.35. The van der Waals surface area contributed by atoms with Gasteiger partial charge in [0, 0.05) is 23.8 Å². The van der Waals surface area contributed by atoms with Gasteiger partial charge in [0.1, 0.15) is 12.1 Å². The minimum Gasteiger partial charge on any atom is -0.365 e. The van der Waals surface area contributed by atoms with Crippen molar-refractivity contribution in [2.75, 3.05) is 5.32 Å². The number of thiophene rings is 1. The fraction of sp³-hybridized carbons (Fsp3) is 0.0556. The molecule has 3 heterocycles. The van der Waals surface area contributed by atoms with Gasteiger partial charge in [-0.1, -0.05) is 36.4 Å². The van der Waals surface area contributed by atoms with E-state index in [9.17, 15) is 0 Å². The minimum atomic E-state index is 0.693. The third-order valence-corrected chi connectivity index (χ3v) is 4.73. The topological polar surface area (TPSA) is 50.7 Å². The third-order valence-electron chi connectivity index (χ3n) is 3.55. The average Bonchev–Trinajstić information content (AvgIpc) is 3.06. The van der Waals surface area contributed by atoms with Gasteiger partial charge in [0.15, 0.2) is 0 Å². The number of aromatic nitrogens is 3. The van der Waals surface area contributed by atoms with Crippen LogP contribution in [0.15, 0.2) is 67.3 Å². The Balaban J connectivity index is 1.66. The number of benzene rings is 1. The van der Waals surface area contributed by atoms with E-state index in [2.05, 4.69) is 38.5 Å². The predicted molar refractivity (Wildman–Crippen MR) is 94.4 cm³/mol. The molecule has 0 spiro atoms. The molecular weight excluding hydrogens is 304 g/mol. The molecule has 112 valence electrons. The first kappa shape index (κ1) is 13.8. The number of rotatable bonds is 4.